The van der Waals surface area contributed by atoms with Gasteiger partial charge in [-0.1, -0.05) is 18.2 Å². The summed E-state index contributed by atoms with van der Waals surface area (Å²) in [6.07, 6.45) is 3.81. The van der Waals surface area contributed by atoms with E-state index in [2.05, 4.69) is 56.5 Å². The number of nitrogens with zero attached hydrogens (tertiary/aromatic N) is 1. The summed E-state index contributed by atoms with van der Waals surface area (Å²) in [5.41, 5.74) is 2.93. The van der Waals surface area contributed by atoms with Crippen LogP contribution in [-0.2, 0) is 13.0 Å². The highest BCUT2D eigenvalue weighted by Gasteiger charge is 2.16. The van der Waals surface area contributed by atoms with Crippen molar-refractivity contribution >= 4 is 33.0 Å². The average Bonchev–Trinajstić information content (AvgIpc) is 2.68. The molecule has 1 aliphatic heterocycles. The van der Waals surface area contributed by atoms with E-state index in [1.165, 1.54) is 46.4 Å². The molecule has 0 saturated heterocycles. The molecule has 0 amide bonds. The van der Waals surface area contributed by atoms with Crippen LogP contribution in [0.15, 0.2) is 40.2 Å². The van der Waals surface area contributed by atoms with Gasteiger partial charge < -0.3 is 4.90 Å². The molecule has 0 fully saturated rings. The Bertz CT molecular complexity index is 535. The summed E-state index contributed by atoms with van der Waals surface area (Å²) in [6, 6.07) is 11.0. The predicted octanol–water partition coefficient (Wildman–Crippen LogP) is 4.85. The Morgan fingerprint density at radius 2 is 2.06 bits per heavy atom. The van der Waals surface area contributed by atoms with Crippen LogP contribution in [0.25, 0.3) is 0 Å². The Hall–Kier alpha value is -0.800. The number of hydrogen-bond acceptors (Lipinski definition) is 2. The molecule has 0 saturated carbocycles. The summed E-state index contributed by atoms with van der Waals surface area (Å²) in [7, 11) is 0. The first-order valence-electron chi connectivity index (χ1n) is 6.39. The number of aryl methyl sites for hydroxylation is 1. The van der Waals surface area contributed by atoms with Crippen molar-refractivity contribution in [2.45, 2.75) is 25.8 Å². The lowest BCUT2D eigenvalue weighted by atomic mass is 10.1. The molecule has 0 unspecified atom stereocenters. The van der Waals surface area contributed by atoms with E-state index in [4.69, 9.17) is 0 Å². The van der Waals surface area contributed by atoms with Gasteiger partial charge >= 0.3 is 0 Å². The van der Waals surface area contributed by atoms with Crippen LogP contribution in [0.1, 0.15) is 23.3 Å². The third-order valence-electron chi connectivity index (χ3n) is 3.48. The van der Waals surface area contributed by atoms with Gasteiger partial charge in [-0.15, -0.1) is 11.3 Å². The number of anilines is 1. The zero-order valence-electron chi connectivity index (χ0n) is 10.2. The Morgan fingerprint density at radius 1 is 1.17 bits per heavy atom. The zero-order chi connectivity index (χ0) is 12.4. The standard InChI is InChI=1S/C15H16BrNS/c16-13-8-10-18-15(13)11-17-9-4-3-6-12-5-1-2-7-14(12)17/h1-2,5,7-8,10H,3-4,6,9,11H2. The van der Waals surface area contributed by atoms with E-state index in [1.54, 1.807) is 0 Å². The molecule has 1 aliphatic rings. The first-order valence-corrected chi connectivity index (χ1v) is 8.06. The van der Waals surface area contributed by atoms with E-state index in [0.29, 0.717) is 0 Å². The summed E-state index contributed by atoms with van der Waals surface area (Å²) >= 11 is 5.47. The van der Waals surface area contributed by atoms with Crippen LogP contribution in [0.2, 0.25) is 0 Å². The summed E-state index contributed by atoms with van der Waals surface area (Å²) in [4.78, 5) is 3.95. The second-order valence-electron chi connectivity index (χ2n) is 4.70. The van der Waals surface area contributed by atoms with Crippen molar-refractivity contribution in [2.75, 3.05) is 11.4 Å². The fraction of sp³-hybridized carbons (Fsp3) is 0.333. The van der Waals surface area contributed by atoms with E-state index >= 15 is 0 Å². The van der Waals surface area contributed by atoms with Gasteiger partial charge in [0.25, 0.3) is 0 Å². The third-order valence-corrected chi connectivity index (χ3v) is 5.39. The summed E-state index contributed by atoms with van der Waals surface area (Å²) in [5.74, 6) is 0. The van der Waals surface area contributed by atoms with Crippen LogP contribution >= 0.6 is 27.3 Å². The van der Waals surface area contributed by atoms with Crippen molar-refractivity contribution in [3.8, 4) is 0 Å². The molecule has 0 aliphatic carbocycles. The normalized spacial score (nSPS) is 15.3. The molecule has 1 aromatic carbocycles. The highest BCUT2D eigenvalue weighted by molar-refractivity contribution is 9.10. The Morgan fingerprint density at radius 3 is 2.89 bits per heavy atom. The molecule has 1 nitrogen and oxygen atoms in total. The van der Waals surface area contributed by atoms with E-state index in [9.17, 15) is 0 Å². The van der Waals surface area contributed by atoms with Crippen LogP contribution in [0.4, 0.5) is 5.69 Å². The van der Waals surface area contributed by atoms with Gasteiger partial charge in [0.1, 0.15) is 0 Å². The van der Waals surface area contributed by atoms with Gasteiger partial charge in [0, 0.05) is 21.6 Å². The van der Waals surface area contributed by atoms with Crippen molar-refractivity contribution < 1.29 is 0 Å². The van der Waals surface area contributed by atoms with Crippen molar-refractivity contribution in [1.29, 1.82) is 0 Å². The lowest BCUT2D eigenvalue weighted by Crippen LogP contribution is -2.23. The van der Waals surface area contributed by atoms with Gasteiger partial charge in [0.2, 0.25) is 0 Å². The van der Waals surface area contributed by atoms with Crippen LogP contribution in [-0.4, -0.2) is 6.54 Å². The molecule has 1 aromatic heterocycles. The molecule has 18 heavy (non-hydrogen) atoms. The number of fused-ring (bicyclic) bond motifs is 1. The predicted molar refractivity (Wildman–Crippen MR) is 82.4 cm³/mol. The van der Waals surface area contributed by atoms with Crippen LogP contribution in [0.3, 0.4) is 0 Å². The fourth-order valence-electron chi connectivity index (χ4n) is 2.54. The molecule has 2 aromatic rings. The SMILES string of the molecule is Brc1ccsc1CN1CCCCc2ccccc21. The van der Waals surface area contributed by atoms with E-state index < -0.39 is 0 Å². The molecule has 3 heteroatoms. The molecule has 94 valence electrons. The maximum atomic E-state index is 3.64. The summed E-state index contributed by atoms with van der Waals surface area (Å²) in [5, 5.41) is 2.16. The maximum Gasteiger partial charge on any atom is 0.0534 e. The number of hydrogen-bond donors (Lipinski definition) is 0. The number of thiophene rings is 1. The molecule has 2 heterocycles. The quantitative estimate of drug-likeness (QED) is 0.764. The third kappa shape index (κ3) is 2.47. The second kappa shape index (κ2) is 5.45. The summed E-state index contributed by atoms with van der Waals surface area (Å²) < 4.78 is 1.24. The fourth-order valence-corrected chi connectivity index (χ4v) is 4.04. The molecule has 3 rings (SSSR count). The lowest BCUT2D eigenvalue weighted by molar-refractivity contribution is 0.717. The Kier molecular flexibility index (Phi) is 3.71. The molecule has 0 spiro atoms. The smallest absolute Gasteiger partial charge is 0.0534 e. The molecule has 0 atom stereocenters. The summed E-state index contributed by atoms with van der Waals surface area (Å²) in [6.45, 7) is 2.19. The first-order chi connectivity index (χ1) is 8.84. The molecule has 0 N–H and O–H groups in total. The van der Waals surface area contributed by atoms with Gasteiger partial charge in [-0.25, -0.2) is 0 Å². The van der Waals surface area contributed by atoms with Gasteiger partial charge in [-0.2, -0.15) is 0 Å². The minimum Gasteiger partial charge on any atom is -0.366 e. The topological polar surface area (TPSA) is 3.24 Å². The maximum absolute atomic E-state index is 3.64. The van der Waals surface area contributed by atoms with E-state index in [1.807, 2.05) is 11.3 Å². The Balaban J connectivity index is 1.90. The van der Waals surface area contributed by atoms with Crippen LogP contribution < -0.4 is 4.90 Å². The largest absolute Gasteiger partial charge is 0.366 e. The number of rotatable bonds is 2. The molecule has 0 bridgehead atoms. The van der Waals surface area contributed by atoms with Gasteiger partial charge in [-0.3, -0.25) is 0 Å². The van der Waals surface area contributed by atoms with Gasteiger partial charge in [-0.05, 0) is 58.3 Å². The number of benzene rings is 1. The number of para-hydroxylation sites is 1. The van der Waals surface area contributed by atoms with Crippen molar-refractivity contribution in [2.24, 2.45) is 0 Å². The molecular weight excluding hydrogens is 306 g/mol. The zero-order valence-corrected chi connectivity index (χ0v) is 12.6. The monoisotopic (exact) mass is 321 g/mol. The van der Waals surface area contributed by atoms with Crippen molar-refractivity contribution in [3.05, 3.63) is 50.6 Å². The lowest BCUT2D eigenvalue weighted by Gasteiger charge is -2.24. The molecule has 0 radical (unpaired) electrons. The van der Waals surface area contributed by atoms with Crippen LogP contribution in [0, 0.1) is 0 Å². The Labute approximate surface area is 121 Å². The highest BCUT2D eigenvalue weighted by Crippen LogP contribution is 2.30. The molecular formula is C15H16BrNS. The van der Waals surface area contributed by atoms with Crippen molar-refractivity contribution in [3.63, 3.8) is 0 Å². The van der Waals surface area contributed by atoms with E-state index in [0.717, 1.165) is 6.54 Å². The number of halogens is 1. The van der Waals surface area contributed by atoms with Gasteiger partial charge in [0.05, 0.1) is 6.54 Å². The van der Waals surface area contributed by atoms with E-state index in [-0.39, 0.29) is 0 Å². The highest BCUT2D eigenvalue weighted by atomic mass is 79.9. The minimum absolute atomic E-state index is 1.02. The van der Waals surface area contributed by atoms with Gasteiger partial charge in [0.15, 0.2) is 0 Å². The van der Waals surface area contributed by atoms with Crippen molar-refractivity contribution in [1.82, 2.24) is 0 Å². The van der Waals surface area contributed by atoms with Crippen LogP contribution in [0.5, 0.6) is 0 Å². The minimum atomic E-state index is 1.02. The second-order valence-corrected chi connectivity index (χ2v) is 6.55. The first kappa shape index (κ1) is 12.2. The average molecular weight is 322 g/mol.